The van der Waals surface area contributed by atoms with Crippen LogP contribution in [0.5, 0.6) is 5.75 Å². The number of nitrogens with zero attached hydrogens (tertiary/aromatic N) is 1. The molecule has 2 rings (SSSR count). The Balaban J connectivity index is 0.00000162. The molecule has 0 aliphatic carbocycles. The van der Waals surface area contributed by atoms with Gasteiger partial charge in [0.25, 0.3) is 5.91 Å². The molecule has 0 radical (unpaired) electrons. The molecule has 0 spiro atoms. The Morgan fingerprint density at radius 2 is 2.11 bits per heavy atom. The van der Waals surface area contributed by atoms with Gasteiger partial charge in [-0.15, -0.1) is 0 Å². The minimum atomic E-state index is -3.81. The molecule has 1 aromatic carbocycles. The zero-order valence-electron chi connectivity index (χ0n) is 8.81. The second-order valence-electron chi connectivity index (χ2n) is 3.35. The average molecular weight is 345 g/mol. The van der Waals surface area contributed by atoms with E-state index in [4.69, 9.17) is 4.74 Å². The summed E-state index contributed by atoms with van der Waals surface area (Å²) in [6.07, 6.45) is 0. The van der Waals surface area contributed by atoms with Crippen LogP contribution in [-0.2, 0) is 15.0 Å². The molecule has 1 heterocycles. The summed E-state index contributed by atoms with van der Waals surface area (Å²) in [5.41, 5.74) is 0.320. The van der Waals surface area contributed by atoms with Gasteiger partial charge in [-0.3, -0.25) is 4.79 Å². The number of benzene rings is 1. The van der Waals surface area contributed by atoms with Crippen molar-refractivity contribution < 1.29 is 17.9 Å². The molecule has 9 heteroatoms. The summed E-state index contributed by atoms with van der Waals surface area (Å²) in [6.45, 7) is -0.241. The van der Waals surface area contributed by atoms with Gasteiger partial charge < -0.3 is 4.74 Å². The van der Waals surface area contributed by atoms with Crippen molar-refractivity contribution in [1.29, 1.82) is 0 Å². The normalized spacial score (nSPS) is 17.0. The summed E-state index contributed by atoms with van der Waals surface area (Å²) >= 11 is 3.24. The number of ether oxygens (including phenoxy) is 1. The van der Waals surface area contributed by atoms with E-state index >= 15 is 0 Å². The molecule has 1 aliphatic heterocycles. The molecule has 1 N–H and O–H groups in total. The summed E-state index contributed by atoms with van der Waals surface area (Å²) in [7, 11) is -2.37. The van der Waals surface area contributed by atoms with Gasteiger partial charge in [0.15, 0.2) is 0 Å². The molecule has 94 valence electrons. The third-order valence-corrected chi connectivity index (χ3v) is 4.11. The van der Waals surface area contributed by atoms with Crippen LogP contribution < -0.4 is 13.8 Å². The molecule has 1 amide bonds. The molecule has 1 saturated heterocycles. The Hall–Kier alpha value is -0.280. The average Bonchev–Trinajstić information content (AvgIpc) is 2.51. The Bertz CT molecular complexity index is 578. The molecular weight excluding hydrogens is 335 g/mol. The van der Waals surface area contributed by atoms with E-state index in [2.05, 4.69) is 15.9 Å². The van der Waals surface area contributed by atoms with Crippen LogP contribution in [0.2, 0.25) is 0 Å². The van der Waals surface area contributed by atoms with Gasteiger partial charge in [0.1, 0.15) is 12.3 Å². The summed E-state index contributed by atoms with van der Waals surface area (Å²) in [4.78, 5) is 11.1. The maximum absolute atomic E-state index is 11.7. The van der Waals surface area contributed by atoms with Crippen molar-refractivity contribution in [2.45, 2.75) is 0 Å². The first-order valence-corrected chi connectivity index (χ1v) is 6.84. The standard InChI is InChI=1S/C9H9BrN2O4S.Na.H/c1-16-8-3-2-6(10)4-7(8)12-5-9(13)11-17(12,14)15;;/h2-4H,5H2,1H3,(H,11,13);;. The molecule has 1 aliphatic rings. The van der Waals surface area contributed by atoms with Crippen LogP contribution in [0, 0.1) is 0 Å². The van der Waals surface area contributed by atoms with E-state index in [1.165, 1.54) is 7.11 Å². The molecule has 0 unspecified atom stereocenters. The summed E-state index contributed by atoms with van der Waals surface area (Å²) in [6, 6.07) is 4.93. The number of amides is 1. The fraction of sp³-hybridized carbons (Fsp3) is 0.222. The van der Waals surface area contributed by atoms with Gasteiger partial charge in [-0.1, -0.05) is 15.9 Å². The third kappa shape index (κ3) is 3.00. The molecular formula is C9H10BrN2NaO4S. The van der Waals surface area contributed by atoms with Crippen LogP contribution >= 0.6 is 15.9 Å². The number of hydrogen-bond donors (Lipinski definition) is 1. The van der Waals surface area contributed by atoms with E-state index < -0.39 is 16.1 Å². The van der Waals surface area contributed by atoms with Gasteiger partial charge in [-0.2, -0.15) is 8.42 Å². The van der Waals surface area contributed by atoms with Gasteiger partial charge >= 0.3 is 39.8 Å². The number of halogens is 1. The molecule has 6 nitrogen and oxygen atoms in total. The van der Waals surface area contributed by atoms with Crippen molar-refractivity contribution in [2.75, 3.05) is 18.0 Å². The number of anilines is 1. The van der Waals surface area contributed by atoms with Crippen LogP contribution in [0.1, 0.15) is 0 Å². The number of nitrogens with one attached hydrogen (secondary N) is 1. The molecule has 1 aromatic rings. The number of carbonyl (C=O) groups excluding carboxylic acids is 1. The van der Waals surface area contributed by atoms with Crippen molar-refractivity contribution in [2.24, 2.45) is 0 Å². The van der Waals surface area contributed by atoms with Gasteiger partial charge in [0, 0.05) is 4.47 Å². The Kier molecular flexibility index (Phi) is 5.07. The molecule has 0 atom stereocenters. The maximum atomic E-state index is 11.7. The Labute approximate surface area is 135 Å². The van der Waals surface area contributed by atoms with Gasteiger partial charge in [0.05, 0.1) is 12.8 Å². The monoisotopic (exact) mass is 344 g/mol. The molecule has 18 heavy (non-hydrogen) atoms. The number of rotatable bonds is 2. The number of hydrogen-bond acceptors (Lipinski definition) is 4. The van der Waals surface area contributed by atoms with Gasteiger partial charge in [-0.05, 0) is 18.2 Å². The molecule has 0 saturated carbocycles. The van der Waals surface area contributed by atoms with Crippen molar-refractivity contribution in [3.8, 4) is 5.75 Å². The first-order valence-electron chi connectivity index (χ1n) is 4.61. The van der Waals surface area contributed by atoms with E-state index in [0.717, 1.165) is 4.31 Å². The first kappa shape index (κ1) is 15.8. The fourth-order valence-electron chi connectivity index (χ4n) is 1.52. The van der Waals surface area contributed by atoms with E-state index in [1.54, 1.807) is 18.2 Å². The van der Waals surface area contributed by atoms with E-state index in [0.29, 0.717) is 15.9 Å². The molecule has 0 aromatic heterocycles. The Morgan fingerprint density at radius 3 is 2.61 bits per heavy atom. The quantitative estimate of drug-likeness (QED) is 0.765. The van der Waals surface area contributed by atoms with Crippen molar-refractivity contribution in [3.05, 3.63) is 22.7 Å². The SMILES string of the molecule is COc1ccc(Br)cc1N1CC(=O)NS1(=O)=O.[NaH]. The summed E-state index contributed by atoms with van der Waals surface area (Å²) in [5.74, 6) is -0.180. The summed E-state index contributed by atoms with van der Waals surface area (Å²) < 4.78 is 32.0. The topological polar surface area (TPSA) is 75.7 Å². The minimum absolute atomic E-state index is 0. The van der Waals surface area contributed by atoms with E-state index in [1.807, 2.05) is 4.72 Å². The zero-order chi connectivity index (χ0) is 12.6. The third-order valence-electron chi connectivity index (χ3n) is 2.23. The predicted molar refractivity (Wildman–Crippen MR) is 72.3 cm³/mol. The van der Waals surface area contributed by atoms with Crippen LogP contribution in [0.3, 0.4) is 0 Å². The van der Waals surface area contributed by atoms with Crippen LogP contribution in [0.4, 0.5) is 5.69 Å². The van der Waals surface area contributed by atoms with Crippen LogP contribution in [0.25, 0.3) is 0 Å². The van der Waals surface area contributed by atoms with Crippen LogP contribution in [0.15, 0.2) is 22.7 Å². The van der Waals surface area contributed by atoms with Crippen molar-refractivity contribution in [3.63, 3.8) is 0 Å². The second kappa shape index (κ2) is 5.79. The Morgan fingerprint density at radius 1 is 1.44 bits per heavy atom. The second-order valence-corrected chi connectivity index (χ2v) is 5.86. The van der Waals surface area contributed by atoms with Crippen LogP contribution in [-0.4, -0.2) is 57.5 Å². The van der Waals surface area contributed by atoms with E-state index in [-0.39, 0.29) is 36.1 Å². The molecule has 1 fully saturated rings. The first-order chi connectivity index (χ1) is 7.94. The van der Waals surface area contributed by atoms with Crippen molar-refractivity contribution in [1.82, 2.24) is 4.72 Å². The van der Waals surface area contributed by atoms with Crippen molar-refractivity contribution >= 4 is 67.3 Å². The predicted octanol–water partition coefficient (Wildman–Crippen LogP) is -0.00980. The van der Waals surface area contributed by atoms with Gasteiger partial charge in [0.2, 0.25) is 0 Å². The fourth-order valence-corrected chi connectivity index (χ4v) is 3.02. The summed E-state index contributed by atoms with van der Waals surface area (Å²) in [5, 5.41) is 0. The zero-order valence-corrected chi connectivity index (χ0v) is 11.2. The van der Waals surface area contributed by atoms with Gasteiger partial charge in [-0.25, -0.2) is 9.03 Å². The number of carbonyl (C=O) groups is 1. The molecule has 0 bridgehead atoms. The number of methoxy groups -OCH3 is 1. The van der Waals surface area contributed by atoms with E-state index in [9.17, 15) is 13.2 Å².